The van der Waals surface area contributed by atoms with Gasteiger partial charge in [-0.1, -0.05) is 12.1 Å². The minimum atomic E-state index is -4.34. The van der Waals surface area contributed by atoms with Crippen LogP contribution in [0.4, 0.5) is 18.9 Å². The quantitative estimate of drug-likeness (QED) is 0.793. The molecule has 2 aliphatic rings. The van der Waals surface area contributed by atoms with Crippen molar-refractivity contribution in [3.05, 3.63) is 65.2 Å². The summed E-state index contributed by atoms with van der Waals surface area (Å²) in [6, 6.07) is 12.1. The number of benzene rings is 2. The molecule has 4 rings (SSSR count). The van der Waals surface area contributed by atoms with Crippen LogP contribution >= 0.6 is 0 Å². The van der Waals surface area contributed by atoms with Crippen LogP contribution in [0.15, 0.2) is 48.5 Å². The third-order valence-corrected chi connectivity index (χ3v) is 5.72. The first-order valence-electron chi connectivity index (χ1n) is 9.88. The van der Waals surface area contributed by atoms with Crippen molar-refractivity contribution in [1.82, 2.24) is 4.90 Å². The van der Waals surface area contributed by atoms with Crippen LogP contribution in [0.2, 0.25) is 0 Å². The molecule has 2 saturated heterocycles. The van der Waals surface area contributed by atoms with E-state index < -0.39 is 17.3 Å². The summed E-state index contributed by atoms with van der Waals surface area (Å²) < 4.78 is 43.0. The largest absolute Gasteiger partial charge is 0.416 e. The fourth-order valence-electron chi connectivity index (χ4n) is 3.79. The number of likely N-dealkylation sites (tertiary alicyclic amines) is 1. The Labute approximate surface area is 172 Å². The summed E-state index contributed by atoms with van der Waals surface area (Å²) in [6.45, 7) is 1.66. The molecule has 2 heterocycles. The number of nitrogens with one attached hydrogen (secondary N) is 1. The summed E-state index contributed by atoms with van der Waals surface area (Å²) >= 11 is 0. The van der Waals surface area contributed by atoms with Gasteiger partial charge in [-0.3, -0.25) is 4.79 Å². The van der Waals surface area contributed by atoms with Crippen molar-refractivity contribution in [3.63, 3.8) is 0 Å². The molecule has 0 aromatic heterocycles. The maximum atomic E-state index is 12.8. The lowest BCUT2D eigenvalue weighted by Gasteiger charge is -2.37. The van der Waals surface area contributed by atoms with Gasteiger partial charge in [0, 0.05) is 30.4 Å². The first kappa shape index (κ1) is 20.7. The number of amides is 1. The molecule has 0 saturated carbocycles. The molecule has 0 unspecified atom stereocenters. The average Bonchev–Trinajstić information content (AvgIpc) is 2.72. The highest BCUT2D eigenvalue weighted by atomic mass is 19.4. The number of ether oxygens (including phenoxy) is 1. The molecule has 30 heavy (non-hydrogen) atoms. The first-order chi connectivity index (χ1) is 14.2. The Hall–Kier alpha value is -2.58. The summed E-state index contributed by atoms with van der Waals surface area (Å²) in [7, 11) is 0. The van der Waals surface area contributed by atoms with Crippen LogP contribution in [-0.4, -0.2) is 48.3 Å². The van der Waals surface area contributed by atoms with Crippen LogP contribution in [0.3, 0.4) is 0 Å². The van der Waals surface area contributed by atoms with Crippen molar-refractivity contribution < 1.29 is 27.8 Å². The third-order valence-electron chi connectivity index (χ3n) is 5.72. The number of rotatable bonds is 4. The van der Waals surface area contributed by atoms with E-state index in [9.17, 15) is 23.1 Å². The number of alkyl halides is 3. The van der Waals surface area contributed by atoms with Gasteiger partial charge in [-0.15, -0.1) is 0 Å². The Balaban J connectivity index is 1.30. The summed E-state index contributed by atoms with van der Waals surface area (Å²) in [5, 5.41) is 13.5. The molecule has 0 bridgehead atoms. The second-order valence-corrected chi connectivity index (χ2v) is 7.89. The number of hydrogen-bond acceptors (Lipinski definition) is 4. The van der Waals surface area contributed by atoms with Crippen molar-refractivity contribution in [3.8, 4) is 0 Å². The molecule has 2 fully saturated rings. The van der Waals surface area contributed by atoms with Gasteiger partial charge in [0.05, 0.1) is 18.8 Å². The van der Waals surface area contributed by atoms with Gasteiger partial charge in [-0.2, -0.15) is 13.2 Å². The minimum Gasteiger partial charge on any atom is -0.382 e. The summed E-state index contributed by atoms with van der Waals surface area (Å²) in [5.74, 6) is -0.0635. The SMILES string of the molecule is O=C(c1ccc(C2(O)COC2)cc1)N1CCC(Nc2ccc(C(F)(F)F)cc2)CC1. The van der Waals surface area contributed by atoms with Gasteiger partial charge in [0.15, 0.2) is 0 Å². The van der Waals surface area contributed by atoms with E-state index in [1.807, 2.05) is 0 Å². The molecule has 2 N–H and O–H groups in total. The molecule has 5 nitrogen and oxygen atoms in total. The highest BCUT2D eigenvalue weighted by Crippen LogP contribution is 2.31. The first-order valence-corrected chi connectivity index (χ1v) is 9.88. The lowest BCUT2D eigenvalue weighted by Crippen LogP contribution is -2.46. The molecule has 0 atom stereocenters. The van der Waals surface area contributed by atoms with Gasteiger partial charge in [0.2, 0.25) is 0 Å². The van der Waals surface area contributed by atoms with E-state index in [1.54, 1.807) is 29.2 Å². The van der Waals surface area contributed by atoms with E-state index in [-0.39, 0.29) is 25.2 Å². The molecular formula is C22H23F3N2O3. The molecular weight excluding hydrogens is 397 g/mol. The predicted molar refractivity (Wildman–Crippen MR) is 105 cm³/mol. The van der Waals surface area contributed by atoms with E-state index in [2.05, 4.69) is 5.32 Å². The van der Waals surface area contributed by atoms with Crippen molar-refractivity contribution in [1.29, 1.82) is 0 Å². The maximum absolute atomic E-state index is 12.8. The van der Waals surface area contributed by atoms with Gasteiger partial charge in [-0.25, -0.2) is 0 Å². The van der Waals surface area contributed by atoms with Crippen LogP contribution in [0.5, 0.6) is 0 Å². The van der Waals surface area contributed by atoms with Crippen molar-refractivity contribution in [2.75, 3.05) is 31.6 Å². The Morgan fingerprint density at radius 3 is 2.13 bits per heavy atom. The molecule has 8 heteroatoms. The van der Waals surface area contributed by atoms with Gasteiger partial charge >= 0.3 is 6.18 Å². The zero-order chi connectivity index (χ0) is 21.4. The number of anilines is 1. The highest BCUT2D eigenvalue weighted by Gasteiger charge is 2.38. The number of halogens is 3. The van der Waals surface area contributed by atoms with Crippen molar-refractivity contribution >= 4 is 11.6 Å². The zero-order valence-corrected chi connectivity index (χ0v) is 16.3. The Morgan fingerprint density at radius 2 is 1.63 bits per heavy atom. The second kappa shape index (κ2) is 7.92. The van der Waals surface area contributed by atoms with Crippen molar-refractivity contribution in [2.24, 2.45) is 0 Å². The number of hydrogen-bond donors (Lipinski definition) is 2. The zero-order valence-electron chi connectivity index (χ0n) is 16.3. The van der Waals surface area contributed by atoms with Crippen molar-refractivity contribution in [2.45, 2.75) is 30.7 Å². The molecule has 0 radical (unpaired) electrons. The minimum absolute atomic E-state index is 0.0635. The maximum Gasteiger partial charge on any atom is 0.416 e. The number of nitrogens with zero attached hydrogens (tertiary/aromatic N) is 1. The normalized spacial score (nSPS) is 19.3. The fourth-order valence-corrected chi connectivity index (χ4v) is 3.79. The molecule has 1 amide bonds. The van der Waals surface area contributed by atoms with Gasteiger partial charge in [0.1, 0.15) is 5.60 Å². The Kier molecular flexibility index (Phi) is 5.46. The van der Waals surface area contributed by atoms with Crippen LogP contribution in [0.25, 0.3) is 0 Å². The number of piperidine rings is 1. The van der Waals surface area contributed by atoms with E-state index in [1.165, 1.54) is 12.1 Å². The van der Waals surface area contributed by atoms with Gasteiger partial charge in [0.25, 0.3) is 5.91 Å². The van der Waals surface area contributed by atoms with Crippen LogP contribution in [0, 0.1) is 0 Å². The van der Waals surface area contributed by atoms with Crippen LogP contribution in [0.1, 0.15) is 34.3 Å². The highest BCUT2D eigenvalue weighted by molar-refractivity contribution is 5.94. The van der Waals surface area contributed by atoms with Crippen LogP contribution in [-0.2, 0) is 16.5 Å². The van der Waals surface area contributed by atoms with E-state index in [0.717, 1.165) is 17.7 Å². The number of carbonyl (C=O) groups excluding carboxylic acids is 1. The third kappa shape index (κ3) is 4.29. The summed E-state index contributed by atoms with van der Waals surface area (Å²) in [4.78, 5) is 14.5. The lowest BCUT2D eigenvalue weighted by molar-refractivity contribution is -0.184. The Morgan fingerprint density at radius 1 is 1.03 bits per heavy atom. The average molecular weight is 420 g/mol. The van der Waals surface area contributed by atoms with E-state index in [0.29, 0.717) is 37.2 Å². The standard InChI is InChI=1S/C22H23F3N2O3/c23-22(24,25)17-5-7-18(8-6-17)26-19-9-11-27(12-10-19)20(28)15-1-3-16(4-2-15)21(29)13-30-14-21/h1-8,19,26,29H,9-14H2. The molecule has 2 aliphatic heterocycles. The molecule has 160 valence electrons. The van der Waals surface area contributed by atoms with E-state index in [4.69, 9.17) is 4.74 Å². The topological polar surface area (TPSA) is 61.8 Å². The smallest absolute Gasteiger partial charge is 0.382 e. The van der Waals surface area contributed by atoms with Gasteiger partial charge in [-0.05, 0) is 54.8 Å². The molecule has 2 aromatic carbocycles. The predicted octanol–water partition coefficient (Wildman–Crippen LogP) is 3.64. The molecule has 2 aromatic rings. The van der Waals surface area contributed by atoms with Gasteiger partial charge < -0.3 is 20.1 Å². The van der Waals surface area contributed by atoms with E-state index >= 15 is 0 Å². The summed E-state index contributed by atoms with van der Waals surface area (Å²) in [6.07, 6.45) is -2.92. The number of carbonyl (C=O) groups is 1. The fraction of sp³-hybridized carbons (Fsp3) is 0.409. The monoisotopic (exact) mass is 420 g/mol. The Bertz CT molecular complexity index is 885. The van der Waals surface area contributed by atoms with Crippen LogP contribution < -0.4 is 5.32 Å². The molecule has 0 aliphatic carbocycles. The number of aliphatic hydroxyl groups is 1. The lowest BCUT2D eigenvalue weighted by atomic mass is 9.91. The molecule has 0 spiro atoms. The second-order valence-electron chi connectivity index (χ2n) is 7.89. The summed E-state index contributed by atoms with van der Waals surface area (Å²) in [5.41, 5.74) is 0.323.